The molecule has 1 aromatic rings. The molecule has 2 fully saturated rings. The molecule has 3 rings (SSSR count). The van der Waals surface area contributed by atoms with Crippen LogP contribution in [0.1, 0.15) is 30.7 Å². The Morgan fingerprint density at radius 3 is 2.48 bits per heavy atom. The highest BCUT2D eigenvalue weighted by atomic mass is 19.4. The molecule has 0 aliphatic heterocycles. The minimum atomic E-state index is -4.80. The van der Waals surface area contributed by atoms with Crippen molar-refractivity contribution >= 4 is 11.9 Å². The number of amides is 1. The summed E-state index contributed by atoms with van der Waals surface area (Å²) in [7, 11) is 0. The van der Waals surface area contributed by atoms with Gasteiger partial charge in [-0.05, 0) is 36.8 Å². The summed E-state index contributed by atoms with van der Waals surface area (Å²) < 4.78 is 41.2. The van der Waals surface area contributed by atoms with Crippen LogP contribution in [0, 0.1) is 5.92 Å². The first-order valence-electron chi connectivity index (χ1n) is 7.12. The van der Waals surface area contributed by atoms with Crippen molar-refractivity contribution in [1.82, 2.24) is 5.32 Å². The molecular weight excluding hydrogens is 315 g/mol. The predicted molar refractivity (Wildman–Crippen MR) is 71.7 cm³/mol. The number of carboxylic acids is 1. The number of carboxylic acid groups (broad SMARTS) is 1. The SMILES string of the molecule is O=C(NC1(C(=O)O)CC1)C1CC1c1ccccc1OC(F)(F)F. The number of halogens is 3. The van der Waals surface area contributed by atoms with E-state index in [0.29, 0.717) is 24.8 Å². The average molecular weight is 329 g/mol. The number of nitrogens with one attached hydrogen (secondary N) is 1. The summed E-state index contributed by atoms with van der Waals surface area (Å²) in [6.07, 6.45) is -3.68. The molecule has 0 saturated heterocycles. The first-order valence-corrected chi connectivity index (χ1v) is 7.12. The van der Waals surface area contributed by atoms with E-state index in [-0.39, 0.29) is 5.75 Å². The maximum atomic E-state index is 12.4. The third kappa shape index (κ3) is 3.25. The van der Waals surface area contributed by atoms with Crippen LogP contribution in [0.3, 0.4) is 0 Å². The van der Waals surface area contributed by atoms with Gasteiger partial charge in [0, 0.05) is 5.92 Å². The van der Waals surface area contributed by atoms with Gasteiger partial charge in [-0.3, -0.25) is 4.79 Å². The summed E-state index contributed by atoms with van der Waals surface area (Å²) in [4.78, 5) is 23.2. The third-order valence-corrected chi connectivity index (χ3v) is 4.19. The van der Waals surface area contributed by atoms with E-state index in [9.17, 15) is 22.8 Å². The maximum Gasteiger partial charge on any atom is 0.573 e. The van der Waals surface area contributed by atoms with E-state index in [1.807, 2.05) is 0 Å². The van der Waals surface area contributed by atoms with Crippen molar-refractivity contribution < 1.29 is 32.6 Å². The van der Waals surface area contributed by atoms with Crippen molar-refractivity contribution in [2.45, 2.75) is 37.1 Å². The van der Waals surface area contributed by atoms with Gasteiger partial charge in [0.05, 0.1) is 0 Å². The van der Waals surface area contributed by atoms with E-state index in [4.69, 9.17) is 5.11 Å². The highest BCUT2D eigenvalue weighted by Gasteiger charge is 2.55. The van der Waals surface area contributed by atoms with E-state index < -0.39 is 35.6 Å². The lowest BCUT2D eigenvalue weighted by Crippen LogP contribution is -2.43. The van der Waals surface area contributed by atoms with Crippen LogP contribution in [-0.4, -0.2) is 28.9 Å². The molecule has 23 heavy (non-hydrogen) atoms. The number of alkyl halides is 3. The van der Waals surface area contributed by atoms with Gasteiger partial charge in [0.25, 0.3) is 0 Å². The molecule has 124 valence electrons. The Morgan fingerprint density at radius 1 is 1.26 bits per heavy atom. The van der Waals surface area contributed by atoms with Gasteiger partial charge >= 0.3 is 12.3 Å². The lowest BCUT2D eigenvalue weighted by Gasteiger charge is -2.14. The van der Waals surface area contributed by atoms with Gasteiger partial charge < -0.3 is 15.2 Å². The number of hydrogen-bond donors (Lipinski definition) is 2. The van der Waals surface area contributed by atoms with Gasteiger partial charge in [-0.15, -0.1) is 13.2 Å². The summed E-state index contributed by atoms with van der Waals surface area (Å²) >= 11 is 0. The Balaban J connectivity index is 1.69. The van der Waals surface area contributed by atoms with E-state index in [2.05, 4.69) is 10.1 Å². The molecule has 2 N–H and O–H groups in total. The molecule has 0 aromatic heterocycles. The fourth-order valence-corrected chi connectivity index (χ4v) is 2.68. The normalized spacial score (nSPS) is 24.7. The molecule has 8 heteroatoms. The molecule has 2 aliphatic rings. The van der Waals surface area contributed by atoms with Crippen LogP contribution in [0.5, 0.6) is 5.75 Å². The van der Waals surface area contributed by atoms with Crippen LogP contribution in [0.2, 0.25) is 0 Å². The van der Waals surface area contributed by atoms with E-state index in [0.717, 1.165) is 0 Å². The van der Waals surface area contributed by atoms with Crippen LogP contribution in [0.15, 0.2) is 24.3 Å². The summed E-state index contributed by atoms with van der Waals surface area (Å²) in [5.74, 6) is -2.75. The second kappa shape index (κ2) is 5.14. The van der Waals surface area contributed by atoms with Crippen molar-refractivity contribution in [3.63, 3.8) is 0 Å². The number of hydrogen-bond acceptors (Lipinski definition) is 3. The smallest absolute Gasteiger partial charge is 0.480 e. The zero-order chi connectivity index (χ0) is 16.8. The highest BCUT2D eigenvalue weighted by molar-refractivity contribution is 5.92. The van der Waals surface area contributed by atoms with Crippen LogP contribution in [0.25, 0.3) is 0 Å². The van der Waals surface area contributed by atoms with Crippen LogP contribution < -0.4 is 10.1 Å². The van der Waals surface area contributed by atoms with Crippen molar-refractivity contribution in [2.24, 2.45) is 5.92 Å². The quantitative estimate of drug-likeness (QED) is 0.870. The Bertz CT molecular complexity index is 654. The highest BCUT2D eigenvalue weighted by Crippen LogP contribution is 2.51. The fraction of sp³-hybridized carbons (Fsp3) is 0.467. The van der Waals surface area contributed by atoms with Gasteiger partial charge in [0.1, 0.15) is 11.3 Å². The molecule has 1 amide bonds. The fourth-order valence-electron chi connectivity index (χ4n) is 2.68. The second-order valence-corrected chi connectivity index (χ2v) is 5.91. The predicted octanol–water partition coefficient (Wildman–Crippen LogP) is 2.42. The molecule has 2 aliphatic carbocycles. The summed E-state index contributed by atoms with van der Waals surface area (Å²) in [5, 5.41) is 11.5. The standard InChI is InChI=1S/C15H14F3NO4/c16-15(17,18)23-11-4-2-1-3-8(11)9-7-10(9)12(20)19-14(5-6-14)13(21)22/h1-4,9-10H,5-7H2,(H,19,20)(H,21,22). The number of rotatable bonds is 5. The Hall–Kier alpha value is -2.25. The lowest BCUT2D eigenvalue weighted by molar-refractivity contribution is -0.274. The zero-order valence-electron chi connectivity index (χ0n) is 11.9. The van der Waals surface area contributed by atoms with E-state index >= 15 is 0 Å². The molecule has 0 radical (unpaired) electrons. The molecule has 1 aromatic carbocycles. The van der Waals surface area contributed by atoms with Crippen LogP contribution >= 0.6 is 0 Å². The molecule has 0 bridgehead atoms. The second-order valence-electron chi connectivity index (χ2n) is 5.91. The van der Waals surface area contributed by atoms with Crippen LogP contribution in [-0.2, 0) is 9.59 Å². The van der Waals surface area contributed by atoms with Gasteiger partial charge in [-0.25, -0.2) is 4.79 Å². The Kier molecular flexibility index (Phi) is 3.50. The number of para-hydroxylation sites is 1. The topological polar surface area (TPSA) is 75.6 Å². The Morgan fingerprint density at radius 2 is 1.91 bits per heavy atom. The Labute approximate surface area is 129 Å². The first kappa shape index (κ1) is 15.6. The third-order valence-electron chi connectivity index (χ3n) is 4.19. The number of aliphatic carboxylic acids is 1. The van der Waals surface area contributed by atoms with Crippen molar-refractivity contribution in [2.75, 3.05) is 0 Å². The molecule has 2 atom stereocenters. The number of carbonyl (C=O) groups is 2. The minimum absolute atomic E-state index is 0.310. The molecule has 0 spiro atoms. The lowest BCUT2D eigenvalue weighted by atomic mass is 10.1. The van der Waals surface area contributed by atoms with Gasteiger partial charge in [0.2, 0.25) is 5.91 Å². The molecule has 5 nitrogen and oxygen atoms in total. The molecule has 2 unspecified atom stereocenters. The average Bonchev–Trinajstić information content (AvgIpc) is 3.32. The molecule has 0 heterocycles. The zero-order valence-corrected chi connectivity index (χ0v) is 11.9. The van der Waals surface area contributed by atoms with Crippen LogP contribution in [0.4, 0.5) is 13.2 Å². The molecular formula is C15H14F3NO4. The van der Waals surface area contributed by atoms with E-state index in [1.54, 1.807) is 6.07 Å². The van der Waals surface area contributed by atoms with E-state index in [1.165, 1.54) is 18.2 Å². The monoisotopic (exact) mass is 329 g/mol. The maximum absolute atomic E-state index is 12.4. The summed E-state index contributed by atoms with van der Waals surface area (Å²) in [6.45, 7) is 0. The molecule has 2 saturated carbocycles. The van der Waals surface area contributed by atoms with Gasteiger partial charge in [-0.2, -0.15) is 0 Å². The van der Waals surface area contributed by atoms with Gasteiger partial charge in [-0.1, -0.05) is 18.2 Å². The van der Waals surface area contributed by atoms with Crippen molar-refractivity contribution in [3.8, 4) is 5.75 Å². The minimum Gasteiger partial charge on any atom is -0.480 e. The van der Waals surface area contributed by atoms with Crippen molar-refractivity contribution in [3.05, 3.63) is 29.8 Å². The van der Waals surface area contributed by atoms with Gasteiger partial charge in [0.15, 0.2) is 0 Å². The van der Waals surface area contributed by atoms with Crippen molar-refractivity contribution in [1.29, 1.82) is 0 Å². The largest absolute Gasteiger partial charge is 0.573 e. The summed E-state index contributed by atoms with van der Waals surface area (Å²) in [6, 6.07) is 5.69. The number of carbonyl (C=O) groups excluding carboxylic acids is 1. The number of benzene rings is 1. The first-order chi connectivity index (χ1) is 10.7. The number of ether oxygens (including phenoxy) is 1. The summed E-state index contributed by atoms with van der Waals surface area (Å²) in [5.41, 5.74) is -0.878.